The Morgan fingerprint density at radius 2 is 2.06 bits per heavy atom. The summed E-state index contributed by atoms with van der Waals surface area (Å²) in [6.45, 7) is 1.85. The lowest BCUT2D eigenvalue weighted by atomic mass is 10.1. The highest BCUT2D eigenvalue weighted by Gasteiger charge is 2.44. The molecule has 0 aliphatic rings. The molecule has 0 saturated heterocycles. The number of hydrogen-bond donors (Lipinski definition) is 1. The summed E-state index contributed by atoms with van der Waals surface area (Å²) in [4.78, 5) is 0. The molecule has 0 heterocycles. The van der Waals surface area contributed by atoms with Gasteiger partial charge in [0.15, 0.2) is 9.84 Å². The lowest BCUT2D eigenvalue weighted by molar-refractivity contribution is 0.185. The predicted octanol–water partition coefficient (Wildman–Crippen LogP) is 2.36. The van der Waals surface area contributed by atoms with Gasteiger partial charge >= 0.3 is 0 Å². The Hall–Kier alpha value is -0.100. The quantitative estimate of drug-likeness (QED) is 0.867. The number of benzene rings is 1. The molecule has 0 aliphatic heterocycles. The van der Waals surface area contributed by atoms with Crippen LogP contribution in [0.25, 0.3) is 0 Å². The van der Waals surface area contributed by atoms with Crippen molar-refractivity contribution in [3.8, 4) is 0 Å². The van der Waals surface area contributed by atoms with Crippen molar-refractivity contribution in [3.05, 3.63) is 35.4 Å². The van der Waals surface area contributed by atoms with E-state index in [1.165, 1.54) is 0 Å². The Kier molecular flexibility index (Phi) is 4.05. The molecule has 1 aromatic rings. The molecule has 0 fully saturated rings. The second-order valence-electron chi connectivity index (χ2n) is 3.65. The molecule has 0 bridgehead atoms. The fraction of sp³-hybridized carbons (Fsp3) is 0.400. The molecule has 0 saturated carbocycles. The number of hydrogen-bond acceptors (Lipinski definition) is 3. The average molecular weight is 328 g/mol. The van der Waals surface area contributed by atoms with Gasteiger partial charge in [0.05, 0.1) is 0 Å². The van der Waals surface area contributed by atoms with Crippen molar-refractivity contribution in [2.75, 3.05) is 6.26 Å². The van der Waals surface area contributed by atoms with Crippen molar-refractivity contribution in [1.82, 2.24) is 0 Å². The van der Waals surface area contributed by atoms with E-state index in [0.717, 1.165) is 11.8 Å². The molecule has 0 spiro atoms. The molecular formula is C10H12BrClO3S. The number of halogens is 2. The summed E-state index contributed by atoms with van der Waals surface area (Å²) < 4.78 is 20.9. The van der Waals surface area contributed by atoms with Crippen molar-refractivity contribution in [1.29, 1.82) is 0 Å². The number of aliphatic hydroxyl groups excluding tert-OH is 1. The van der Waals surface area contributed by atoms with Crippen LogP contribution in [0.3, 0.4) is 0 Å². The molecule has 1 rings (SSSR count). The largest absolute Gasteiger partial charge is 0.385 e. The first-order chi connectivity index (χ1) is 7.16. The molecule has 16 heavy (non-hydrogen) atoms. The summed E-state index contributed by atoms with van der Waals surface area (Å²) >= 11 is 8.68. The Balaban J connectivity index is 3.17. The fourth-order valence-corrected chi connectivity index (χ4v) is 2.17. The van der Waals surface area contributed by atoms with Gasteiger partial charge in [-0.2, -0.15) is 0 Å². The molecule has 0 radical (unpaired) electrons. The molecule has 6 heteroatoms. The lowest BCUT2D eigenvalue weighted by Gasteiger charge is -2.24. The van der Waals surface area contributed by atoms with Gasteiger partial charge in [0.25, 0.3) is 0 Å². The first kappa shape index (κ1) is 14.0. The fourth-order valence-electron chi connectivity index (χ4n) is 1.24. The van der Waals surface area contributed by atoms with Crippen LogP contribution < -0.4 is 0 Å². The van der Waals surface area contributed by atoms with E-state index in [4.69, 9.17) is 11.6 Å². The van der Waals surface area contributed by atoms with E-state index >= 15 is 0 Å². The van der Waals surface area contributed by atoms with E-state index in [1.807, 2.05) is 13.0 Å². The molecule has 1 aromatic carbocycles. The minimum Gasteiger partial charge on any atom is -0.385 e. The van der Waals surface area contributed by atoms with Gasteiger partial charge in [-0.3, -0.25) is 0 Å². The maximum atomic E-state index is 11.4. The van der Waals surface area contributed by atoms with Crippen LogP contribution >= 0.6 is 27.5 Å². The maximum Gasteiger partial charge on any atom is 0.228 e. The second kappa shape index (κ2) is 4.64. The monoisotopic (exact) mass is 326 g/mol. The van der Waals surface area contributed by atoms with Crippen molar-refractivity contribution < 1.29 is 13.5 Å². The summed E-state index contributed by atoms with van der Waals surface area (Å²) in [6, 6.07) is 6.90. The predicted molar refractivity (Wildman–Crippen MR) is 68.5 cm³/mol. The Morgan fingerprint density at radius 1 is 1.50 bits per heavy atom. The number of alkyl halides is 2. The third-order valence-electron chi connectivity index (χ3n) is 2.17. The SMILES string of the molecule is Cc1cccc(C(O)C(Cl)(Br)S(C)(=O)=O)c1. The molecule has 0 aromatic heterocycles. The van der Waals surface area contributed by atoms with Gasteiger partial charge < -0.3 is 5.11 Å². The van der Waals surface area contributed by atoms with Crippen molar-refractivity contribution in [3.63, 3.8) is 0 Å². The van der Waals surface area contributed by atoms with Gasteiger partial charge in [-0.15, -0.1) is 0 Å². The lowest BCUT2D eigenvalue weighted by Crippen LogP contribution is -2.32. The maximum absolute atomic E-state index is 11.4. The van der Waals surface area contributed by atoms with Gasteiger partial charge in [0.1, 0.15) is 6.10 Å². The van der Waals surface area contributed by atoms with Gasteiger partial charge in [-0.1, -0.05) is 41.4 Å². The molecule has 90 valence electrons. The third kappa shape index (κ3) is 2.77. The Labute approximate surface area is 108 Å². The highest BCUT2D eigenvalue weighted by Crippen LogP contribution is 2.42. The van der Waals surface area contributed by atoms with Gasteiger partial charge in [-0.25, -0.2) is 8.42 Å². The molecule has 1 N–H and O–H groups in total. The van der Waals surface area contributed by atoms with Gasteiger partial charge in [0.2, 0.25) is 3.12 Å². The van der Waals surface area contributed by atoms with Crippen LogP contribution in [0.2, 0.25) is 0 Å². The molecule has 3 nitrogen and oxygen atoms in total. The zero-order valence-electron chi connectivity index (χ0n) is 8.81. The topological polar surface area (TPSA) is 54.4 Å². The number of rotatable bonds is 3. The average Bonchev–Trinajstić information content (AvgIpc) is 2.14. The van der Waals surface area contributed by atoms with Crippen LogP contribution in [0.15, 0.2) is 24.3 Å². The zero-order chi connectivity index (χ0) is 12.6. The molecule has 2 unspecified atom stereocenters. The van der Waals surface area contributed by atoms with Crippen molar-refractivity contribution in [2.45, 2.75) is 16.1 Å². The third-order valence-corrected chi connectivity index (χ3v) is 6.63. The number of aliphatic hydroxyl groups is 1. The summed E-state index contributed by atoms with van der Waals surface area (Å²) in [5.41, 5.74) is 1.38. The Bertz CT molecular complexity index is 485. The number of sulfone groups is 1. The minimum absolute atomic E-state index is 0.456. The molecule has 0 aliphatic carbocycles. The van der Waals surface area contributed by atoms with Crippen LogP contribution in [0, 0.1) is 6.92 Å². The van der Waals surface area contributed by atoms with Crippen LogP contribution in [0.1, 0.15) is 17.2 Å². The highest BCUT2D eigenvalue weighted by molar-refractivity contribution is 9.12. The van der Waals surface area contributed by atoms with Gasteiger partial charge in [-0.05, 0) is 28.4 Å². The van der Waals surface area contributed by atoms with E-state index in [1.54, 1.807) is 18.2 Å². The first-order valence-corrected chi connectivity index (χ1v) is 7.54. The molecular weight excluding hydrogens is 316 g/mol. The van der Waals surface area contributed by atoms with Crippen LogP contribution in [0.5, 0.6) is 0 Å². The van der Waals surface area contributed by atoms with E-state index in [2.05, 4.69) is 15.9 Å². The van der Waals surface area contributed by atoms with Crippen LogP contribution in [-0.4, -0.2) is 22.9 Å². The molecule has 0 amide bonds. The number of aryl methyl sites for hydroxylation is 1. The van der Waals surface area contributed by atoms with E-state index in [0.29, 0.717) is 5.56 Å². The van der Waals surface area contributed by atoms with Gasteiger partial charge in [0, 0.05) is 6.26 Å². The normalized spacial score (nSPS) is 17.8. The van der Waals surface area contributed by atoms with Crippen molar-refractivity contribution >= 4 is 37.4 Å². The summed E-state index contributed by atoms with van der Waals surface area (Å²) in [5, 5.41) is 9.95. The first-order valence-electron chi connectivity index (χ1n) is 4.48. The van der Waals surface area contributed by atoms with Crippen LogP contribution in [0.4, 0.5) is 0 Å². The smallest absolute Gasteiger partial charge is 0.228 e. The summed E-state index contributed by atoms with van der Waals surface area (Å²) in [5.74, 6) is 0. The second-order valence-corrected chi connectivity index (χ2v) is 8.89. The van der Waals surface area contributed by atoms with Crippen molar-refractivity contribution in [2.24, 2.45) is 0 Å². The summed E-state index contributed by atoms with van der Waals surface area (Å²) in [7, 11) is -3.63. The summed E-state index contributed by atoms with van der Waals surface area (Å²) in [6.07, 6.45) is -0.364. The minimum atomic E-state index is -3.63. The Morgan fingerprint density at radius 3 is 2.50 bits per heavy atom. The van der Waals surface area contributed by atoms with Crippen LogP contribution in [-0.2, 0) is 9.84 Å². The standard InChI is InChI=1S/C10H12BrClO3S/c1-7-4-3-5-8(6-7)9(13)10(11,12)16(2,14)15/h3-6,9,13H,1-2H3. The van der Waals surface area contributed by atoms with E-state index < -0.39 is 19.1 Å². The highest BCUT2D eigenvalue weighted by atomic mass is 79.9. The van der Waals surface area contributed by atoms with E-state index in [9.17, 15) is 13.5 Å². The zero-order valence-corrected chi connectivity index (χ0v) is 12.0. The molecule has 2 atom stereocenters. The van der Waals surface area contributed by atoms with E-state index in [-0.39, 0.29) is 0 Å².